The average molecular weight is 315 g/mol. The van der Waals surface area contributed by atoms with Crippen molar-refractivity contribution < 1.29 is 0 Å². The Kier molecular flexibility index (Phi) is 3.87. The number of halogens is 1. The molecule has 0 radical (unpaired) electrons. The van der Waals surface area contributed by atoms with Crippen LogP contribution in [0, 0.1) is 0 Å². The van der Waals surface area contributed by atoms with Gasteiger partial charge in [0.05, 0.1) is 17.7 Å². The predicted octanol–water partition coefficient (Wildman–Crippen LogP) is 1.62. The fourth-order valence-corrected chi connectivity index (χ4v) is 2.53. The van der Waals surface area contributed by atoms with E-state index < -0.39 is 0 Å². The largest absolute Gasteiger partial charge is 0.353 e. The van der Waals surface area contributed by atoms with Gasteiger partial charge in [0.1, 0.15) is 16.6 Å². The third-order valence-corrected chi connectivity index (χ3v) is 3.52. The highest BCUT2D eigenvalue weighted by molar-refractivity contribution is 9.10. The number of hydrogen-bond acceptors (Lipinski definition) is 7. The quantitative estimate of drug-likeness (QED) is 0.659. The SMILES string of the molecule is CN(Cc1cscn1)c1ncnc(NN)c1Br. The van der Waals surface area contributed by atoms with Crippen LogP contribution in [-0.4, -0.2) is 22.0 Å². The molecule has 3 N–H and O–H groups in total. The fraction of sp³-hybridized carbons (Fsp3) is 0.222. The van der Waals surface area contributed by atoms with Crippen molar-refractivity contribution in [3.63, 3.8) is 0 Å². The number of hydrogen-bond donors (Lipinski definition) is 2. The Hall–Kier alpha value is -1.25. The summed E-state index contributed by atoms with van der Waals surface area (Å²) < 4.78 is 0.736. The van der Waals surface area contributed by atoms with Gasteiger partial charge in [0, 0.05) is 12.4 Å². The summed E-state index contributed by atoms with van der Waals surface area (Å²) in [7, 11) is 1.94. The molecule has 6 nitrogen and oxygen atoms in total. The van der Waals surface area contributed by atoms with Crippen molar-refractivity contribution >= 4 is 38.9 Å². The number of nitrogens with two attached hydrogens (primary N) is 1. The number of rotatable bonds is 4. The molecule has 0 fully saturated rings. The van der Waals surface area contributed by atoms with E-state index in [0.29, 0.717) is 12.4 Å². The summed E-state index contributed by atoms with van der Waals surface area (Å²) in [5.74, 6) is 6.68. The van der Waals surface area contributed by atoms with E-state index in [2.05, 4.69) is 36.3 Å². The van der Waals surface area contributed by atoms with Crippen LogP contribution in [0.15, 0.2) is 21.7 Å². The summed E-state index contributed by atoms with van der Waals surface area (Å²) in [5, 5.41) is 2.01. The lowest BCUT2D eigenvalue weighted by atomic mass is 10.4. The van der Waals surface area contributed by atoms with Gasteiger partial charge in [-0.05, 0) is 15.9 Å². The van der Waals surface area contributed by atoms with Gasteiger partial charge in [-0.1, -0.05) is 0 Å². The minimum absolute atomic E-state index is 0.556. The minimum Gasteiger partial charge on any atom is -0.353 e. The monoisotopic (exact) mass is 314 g/mol. The number of thiazole rings is 1. The average Bonchev–Trinajstić information content (AvgIpc) is 2.82. The molecule has 0 bridgehead atoms. The minimum atomic E-state index is 0.556. The highest BCUT2D eigenvalue weighted by atomic mass is 79.9. The van der Waals surface area contributed by atoms with E-state index in [1.165, 1.54) is 6.33 Å². The number of aromatic nitrogens is 3. The van der Waals surface area contributed by atoms with Crippen LogP contribution in [0.2, 0.25) is 0 Å². The summed E-state index contributed by atoms with van der Waals surface area (Å²) in [5.41, 5.74) is 5.33. The van der Waals surface area contributed by atoms with E-state index in [1.807, 2.05) is 22.8 Å². The van der Waals surface area contributed by atoms with E-state index >= 15 is 0 Å². The summed E-state index contributed by atoms with van der Waals surface area (Å²) in [6.07, 6.45) is 1.47. The molecule has 0 aliphatic heterocycles. The van der Waals surface area contributed by atoms with Crippen molar-refractivity contribution in [3.8, 4) is 0 Å². The predicted molar refractivity (Wildman–Crippen MR) is 71.8 cm³/mol. The number of nitrogens with one attached hydrogen (secondary N) is 1. The summed E-state index contributed by atoms with van der Waals surface area (Å²) >= 11 is 4.99. The smallest absolute Gasteiger partial charge is 0.159 e. The van der Waals surface area contributed by atoms with E-state index in [0.717, 1.165) is 16.0 Å². The maximum absolute atomic E-state index is 5.36. The van der Waals surface area contributed by atoms with Crippen molar-refractivity contribution in [3.05, 3.63) is 27.4 Å². The van der Waals surface area contributed by atoms with Crippen LogP contribution in [0.4, 0.5) is 11.6 Å². The normalized spacial score (nSPS) is 10.3. The zero-order valence-electron chi connectivity index (χ0n) is 9.09. The van der Waals surface area contributed by atoms with Gasteiger partial charge in [0.2, 0.25) is 0 Å². The fourth-order valence-electron chi connectivity index (χ4n) is 1.36. The van der Waals surface area contributed by atoms with Gasteiger partial charge in [-0.3, -0.25) is 0 Å². The third kappa shape index (κ3) is 2.71. The van der Waals surface area contributed by atoms with Gasteiger partial charge >= 0.3 is 0 Å². The first-order valence-electron chi connectivity index (χ1n) is 4.77. The number of hydrazine groups is 1. The number of anilines is 2. The van der Waals surface area contributed by atoms with Crippen molar-refractivity contribution in [2.24, 2.45) is 5.84 Å². The molecule has 0 spiro atoms. The maximum atomic E-state index is 5.36. The molecule has 0 amide bonds. The Morgan fingerprint density at radius 2 is 2.29 bits per heavy atom. The molecule has 0 saturated carbocycles. The lowest BCUT2D eigenvalue weighted by Crippen LogP contribution is -2.20. The van der Waals surface area contributed by atoms with Crippen LogP contribution < -0.4 is 16.2 Å². The topological polar surface area (TPSA) is 80.0 Å². The highest BCUT2D eigenvalue weighted by Crippen LogP contribution is 2.28. The Morgan fingerprint density at radius 3 is 2.94 bits per heavy atom. The summed E-state index contributed by atoms with van der Waals surface area (Å²) in [6.45, 7) is 0.684. The van der Waals surface area contributed by atoms with Gasteiger partial charge in [0.15, 0.2) is 5.82 Å². The highest BCUT2D eigenvalue weighted by Gasteiger charge is 2.12. The molecule has 8 heteroatoms. The molecule has 2 aromatic heterocycles. The van der Waals surface area contributed by atoms with Crippen molar-refractivity contribution in [2.45, 2.75) is 6.54 Å². The summed E-state index contributed by atoms with van der Waals surface area (Å²) in [4.78, 5) is 14.4. The molecular formula is C9H11BrN6S. The second kappa shape index (κ2) is 5.39. The van der Waals surface area contributed by atoms with Gasteiger partial charge in [-0.2, -0.15) is 0 Å². The molecule has 0 unspecified atom stereocenters. The maximum Gasteiger partial charge on any atom is 0.159 e. The van der Waals surface area contributed by atoms with Crippen LogP contribution in [0.1, 0.15) is 5.69 Å². The van der Waals surface area contributed by atoms with Crippen LogP contribution in [0.25, 0.3) is 0 Å². The second-order valence-corrected chi connectivity index (χ2v) is 4.85. The molecule has 2 aromatic rings. The molecule has 90 valence electrons. The lowest BCUT2D eigenvalue weighted by molar-refractivity contribution is 0.864. The Morgan fingerprint density at radius 1 is 1.47 bits per heavy atom. The first-order valence-corrected chi connectivity index (χ1v) is 6.51. The van der Waals surface area contributed by atoms with E-state index in [9.17, 15) is 0 Å². The standard InChI is InChI=1S/C9H11BrN6S/c1-16(2-6-3-17-5-14-6)9-7(10)8(15-11)12-4-13-9/h3-5H,2,11H2,1H3,(H,12,13,15). The van der Waals surface area contributed by atoms with Gasteiger partial charge < -0.3 is 10.3 Å². The van der Waals surface area contributed by atoms with Crippen molar-refractivity contribution in [1.82, 2.24) is 15.0 Å². The first kappa shape index (κ1) is 12.2. The first-order chi connectivity index (χ1) is 8.22. The molecule has 2 heterocycles. The van der Waals surface area contributed by atoms with Crippen LogP contribution in [-0.2, 0) is 6.54 Å². The Balaban J connectivity index is 2.22. The van der Waals surface area contributed by atoms with Crippen molar-refractivity contribution in [2.75, 3.05) is 17.4 Å². The van der Waals surface area contributed by atoms with Gasteiger partial charge in [0.25, 0.3) is 0 Å². The zero-order valence-corrected chi connectivity index (χ0v) is 11.5. The zero-order chi connectivity index (χ0) is 12.3. The van der Waals surface area contributed by atoms with Crippen molar-refractivity contribution in [1.29, 1.82) is 0 Å². The molecule has 2 rings (SSSR count). The molecule has 0 aliphatic rings. The molecule has 17 heavy (non-hydrogen) atoms. The van der Waals surface area contributed by atoms with Crippen LogP contribution in [0.3, 0.4) is 0 Å². The van der Waals surface area contributed by atoms with E-state index in [1.54, 1.807) is 11.3 Å². The molecule has 0 aromatic carbocycles. The number of nitrogen functional groups attached to an aromatic ring is 1. The third-order valence-electron chi connectivity index (χ3n) is 2.15. The molecule has 0 aliphatic carbocycles. The van der Waals surface area contributed by atoms with Crippen LogP contribution >= 0.6 is 27.3 Å². The van der Waals surface area contributed by atoms with E-state index in [4.69, 9.17) is 5.84 Å². The Labute approximate surface area is 111 Å². The number of nitrogens with zero attached hydrogens (tertiary/aromatic N) is 4. The lowest BCUT2D eigenvalue weighted by Gasteiger charge is -2.18. The van der Waals surface area contributed by atoms with Gasteiger partial charge in [-0.15, -0.1) is 11.3 Å². The molecule has 0 saturated heterocycles. The molecular weight excluding hydrogens is 304 g/mol. The van der Waals surface area contributed by atoms with Gasteiger partial charge in [-0.25, -0.2) is 20.8 Å². The van der Waals surface area contributed by atoms with Crippen LogP contribution in [0.5, 0.6) is 0 Å². The summed E-state index contributed by atoms with van der Waals surface area (Å²) in [6, 6.07) is 0. The second-order valence-electron chi connectivity index (χ2n) is 3.34. The Bertz CT molecular complexity index is 488. The molecule has 0 atom stereocenters. The van der Waals surface area contributed by atoms with E-state index in [-0.39, 0.29) is 0 Å².